The molecule has 1 rings (SSSR count). The Balaban J connectivity index is 2.66. The number of hydrogen-bond donors (Lipinski definition) is 2. The molecule has 122 valence electrons. The second-order valence-corrected chi connectivity index (χ2v) is 8.72. The Morgan fingerprint density at radius 2 is 2.00 bits per heavy atom. The maximum absolute atomic E-state index is 12.3. The van der Waals surface area contributed by atoms with E-state index in [2.05, 4.69) is 17.0 Å². The molecule has 1 aromatic heterocycles. The predicted molar refractivity (Wildman–Crippen MR) is 87.5 cm³/mol. The molecule has 0 radical (unpaired) electrons. The van der Waals surface area contributed by atoms with Crippen molar-refractivity contribution in [3.05, 3.63) is 17.0 Å². The van der Waals surface area contributed by atoms with Gasteiger partial charge >= 0.3 is 0 Å². The molecule has 0 fully saturated rings. The largest absolute Gasteiger partial charge is 0.383 e. The van der Waals surface area contributed by atoms with Crippen molar-refractivity contribution in [3.8, 4) is 0 Å². The average Bonchev–Trinajstić information content (AvgIpc) is 2.82. The fraction of sp³-hybridized carbons (Fsp3) is 0.714. The van der Waals surface area contributed by atoms with Gasteiger partial charge in [-0.2, -0.15) is 0 Å². The summed E-state index contributed by atoms with van der Waals surface area (Å²) >= 11 is 1.33. The molecule has 0 unspecified atom stereocenters. The smallest absolute Gasteiger partial charge is 0.250 e. The van der Waals surface area contributed by atoms with Gasteiger partial charge in [-0.1, -0.05) is 6.92 Å². The van der Waals surface area contributed by atoms with E-state index in [1.165, 1.54) is 11.3 Å². The number of thiophene rings is 1. The van der Waals surface area contributed by atoms with Crippen molar-refractivity contribution >= 4 is 21.4 Å². The van der Waals surface area contributed by atoms with Crippen molar-refractivity contribution in [2.24, 2.45) is 0 Å². The first-order valence-electron chi connectivity index (χ1n) is 7.13. The number of methoxy groups -OCH3 is 1. The van der Waals surface area contributed by atoms with Gasteiger partial charge in [0, 0.05) is 12.0 Å². The third-order valence-electron chi connectivity index (χ3n) is 2.79. The highest BCUT2D eigenvalue weighted by atomic mass is 32.2. The summed E-state index contributed by atoms with van der Waals surface area (Å²) in [6.07, 6.45) is 1.95. The fourth-order valence-corrected chi connectivity index (χ4v) is 4.71. The Kier molecular flexibility index (Phi) is 7.29. The maximum atomic E-state index is 12.3. The van der Waals surface area contributed by atoms with Gasteiger partial charge in [0.2, 0.25) is 0 Å². The lowest BCUT2D eigenvalue weighted by atomic mass is 10.1. The van der Waals surface area contributed by atoms with Crippen molar-refractivity contribution in [1.82, 2.24) is 10.0 Å². The summed E-state index contributed by atoms with van der Waals surface area (Å²) in [6.45, 7) is 7.91. The molecule has 0 spiro atoms. The standard InChI is InChI=1S/C14H26N2O3S2/c1-5-9-15-10-8-12-6-7-13(20-12)21(17,18)16-14(2,3)11-19-4/h6-7,15-16H,5,8-11H2,1-4H3. The highest BCUT2D eigenvalue weighted by Crippen LogP contribution is 2.23. The summed E-state index contributed by atoms with van der Waals surface area (Å²) in [6, 6.07) is 3.56. The Hall–Kier alpha value is -0.470. The molecule has 0 saturated heterocycles. The van der Waals surface area contributed by atoms with Crippen LogP contribution in [-0.4, -0.2) is 40.8 Å². The van der Waals surface area contributed by atoms with Gasteiger partial charge in [0.15, 0.2) is 0 Å². The summed E-state index contributed by atoms with van der Waals surface area (Å²) in [5.41, 5.74) is -0.625. The van der Waals surface area contributed by atoms with Crippen molar-refractivity contribution in [2.75, 3.05) is 26.8 Å². The second kappa shape index (κ2) is 8.24. The van der Waals surface area contributed by atoms with Crippen molar-refractivity contribution in [1.29, 1.82) is 0 Å². The number of rotatable bonds is 10. The van der Waals surface area contributed by atoms with Crippen molar-refractivity contribution in [2.45, 2.75) is 43.4 Å². The number of ether oxygens (including phenoxy) is 1. The highest BCUT2D eigenvalue weighted by Gasteiger charge is 2.27. The van der Waals surface area contributed by atoms with Crippen LogP contribution in [0.15, 0.2) is 16.3 Å². The lowest BCUT2D eigenvalue weighted by Crippen LogP contribution is -2.46. The van der Waals surface area contributed by atoms with Crippen LogP contribution >= 0.6 is 11.3 Å². The van der Waals surface area contributed by atoms with Crippen LogP contribution in [0.1, 0.15) is 32.1 Å². The van der Waals surface area contributed by atoms with E-state index in [4.69, 9.17) is 4.74 Å². The number of sulfonamides is 1. The van der Waals surface area contributed by atoms with Gasteiger partial charge in [-0.15, -0.1) is 11.3 Å². The van der Waals surface area contributed by atoms with Crippen LogP contribution in [0, 0.1) is 0 Å². The van der Waals surface area contributed by atoms with Crippen LogP contribution < -0.4 is 10.0 Å². The molecule has 0 aliphatic rings. The highest BCUT2D eigenvalue weighted by molar-refractivity contribution is 7.91. The first-order chi connectivity index (χ1) is 9.80. The van der Waals surface area contributed by atoms with Gasteiger partial charge in [0.1, 0.15) is 4.21 Å². The van der Waals surface area contributed by atoms with Crippen LogP contribution in [0.25, 0.3) is 0 Å². The van der Waals surface area contributed by atoms with Gasteiger partial charge in [-0.05, 0) is 51.9 Å². The molecule has 1 heterocycles. The summed E-state index contributed by atoms with van der Waals surface area (Å²) < 4.78 is 32.8. The summed E-state index contributed by atoms with van der Waals surface area (Å²) in [5, 5.41) is 3.31. The summed E-state index contributed by atoms with van der Waals surface area (Å²) in [5.74, 6) is 0. The minimum Gasteiger partial charge on any atom is -0.383 e. The van der Waals surface area contributed by atoms with Crippen molar-refractivity contribution in [3.63, 3.8) is 0 Å². The molecule has 0 aliphatic carbocycles. The molecular weight excluding hydrogens is 308 g/mol. The second-order valence-electron chi connectivity index (χ2n) is 5.64. The maximum Gasteiger partial charge on any atom is 0.250 e. The molecular formula is C14H26N2O3S2. The molecule has 0 aromatic carbocycles. The zero-order valence-electron chi connectivity index (χ0n) is 13.2. The third-order valence-corrected chi connectivity index (χ3v) is 6.13. The summed E-state index contributed by atoms with van der Waals surface area (Å²) in [7, 11) is -1.93. The Bertz CT molecular complexity index is 524. The SMILES string of the molecule is CCCNCCc1ccc(S(=O)(=O)NC(C)(C)COC)s1. The van der Waals surface area contributed by atoms with Gasteiger partial charge < -0.3 is 10.1 Å². The predicted octanol–water partition coefficient (Wildman–Crippen LogP) is 1.99. The molecule has 5 nitrogen and oxygen atoms in total. The number of nitrogens with one attached hydrogen (secondary N) is 2. The van der Waals surface area contributed by atoms with E-state index in [0.29, 0.717) is 10.8 Å². The van der Waals surface area contributed by atoms with E-state index in [1.807, 2.05) is 6.07 Å². The summed E-state index contributed by atoms with van der Waals surface area (Å²) in [4.78, 5) is 1.07. The molecule has 21 heavy (non-hydrogen) atoms. The van der Waals surface area contributed by atoms with Gasteiger partial charge in [-0.3, -0.25) is 0 Å². The van der Waals surface area contributed by atoms with Crippen LogP contribution in [0.5, 0.6) is 0 Å². The first-order valence-corrected chi connectivity index (χ1v) is 9.43. The zero-order chi connectivity index (χ0) is 15.9. The van der Waals surface area contributed by atoms with Crippen LogP contribution in [0.4, 0.5) is 0 Å². The topological polar surface area (TPSA) is 67.4 Å². The molecule has 0 bridgehead atoms. The lowest BCUT2D eigenvalue weighted by Gasteiger charge is -2.24. The normalized spacial score (nSPS) is 12.8. The van der Waals surface area contributed by atoms with Gasteiger partial charge in [-0.25, -0.2) is 13.1 Å². The fourth-order valence-electron chi connectivity index (χ4n) is 1.95. The van der Waals surface area contributed by atoms with Crippen LogP contribution in [-0.2, 0) is 21.2 Å². The van der Waals surface area contributed by atoms with E-state index >= 15 is 0 Å². The van der Waals surface area contributed by atoms with E-state index in [-0.39, 0.29) is 0 Å². The Morgan fingerprint density at radius 1 is 1.29 bits per heavy atom. The molecule has 0 atom stereocenters. The molecule has 0 saturated carbocycles. The quantitative estimate of drug-likeness (QED) is 0.642. The van der Waals surface area contributed by atoms with E-state index < -0.39 is 15.6 Å². The zero-order valence-corrected chi connectivity index (χ0v) is 14.9. The monoisotopic (exact) mass is 334 g/mol. The average molecular weight is 335 g/mol. The van der Waals surface area contributed by atoms with Gasteiger partial charge in [0.05, 0.1) is 12.1 Å². The van der Waals surface area contributed by atoms with Gasteiger partial charge in [0.25, 0.3) is 10.0 Å². The van der Waals surface area contributed by atoms with E-state index in [1.54, 1.807) is 27.0 Å². The lowest BCUT2D eigenvalue weighted by molar-refractivity contribution is 0.141. The molecule has 1 aromatic rings. The molecule has 7 heteroatoms. The molecule has 0 amide bonds. The molecule has 0 aliphatic heterocycles. The Labute approximate surface area is 132 Å². The molecule has 2 N–H and O–H groups in total. The van der Waals surface area contributed by atoms with E-state index in [0.717, 1.165) is 30.8 Å². The number of hydrogen-bond acceptors (Lipinski definition) is 5. The Morgan fingerprint density at radius 3 is 2.62 bits per heavy atom. The minimum absolute atomic E-state index is 0.325. The third kappa shape index (κ3) is 6.44. The van der Waals surface area contributed by atoms with Crippen molar-refractivity contribution < 1.29 is 13.2 Å². The minimum atomic E-state index is -3.49. The van der Waals surface area contributed by atoms with E-state index in [9.17, 15) is 8.42 Å². The van der Waals surface area contributed by atoms with Crippen LogP contribution in [0.2, 0.25) is 0 Å². The van der Waals surface area contributed by atoms with Crippen LogP contribution in [0.3, 0.4) is 0 Å². The first kappa shape index (κ1) is 18.6.